The molecule has 0 amide bonds. The molecular formula is C54H84N2. The minimum Gasteiger partial charge on any atom is -0.448 e. The van der Waals surface area contributed by atoms with Crippen LogP contribution in [0.4, 0.5) is 0 Å². The summed E-state index contributed by atoms with van der Waals surface area (Å²) in [7, 11) is 0. The lowest BCUT2D eigenvalue weighted by atomic mass is 9.93. The van der Waals surface area contributed by atoms with Crippen LogP contribution in [0.2, 0.25) is 0 Å². The van der Waals surface area contributed by atoms with Crippen molar-refractivity contribution in [3.05, 3.63) is 93.8 Å². The molecule has 2 aromatic carbocycles. The van der Waals surface area contributed by atoms with E-state index in [0.29, 0.717) is 0 Å². The van der Waals surface area contributed by atoms with Crippen LogP contribution in [0.15, 0.2) is 65.8 Å². The number of nitrogens with zero attached hydrogens (tertiary/aromatic N) is 1. The Morgan fingerprint density at radius 1 is 0.464 bits per heavy atom. The number of unbranched alkanes of at least 4 members (excludes halogenated alkanes) is 25. The van der Waals surface area contributed by atoms with Crippen LogP contribution in [0, 0.1) is 11.8 Å². The lowest BCUT2D eigenvalue weighted by Gasteiger charge is -2.09. The van der Waals surface area contributed by atoms with Gasteiger partial charge in [-0.05, 0) is 80.3 Å². The van der Waals surface area contributed by atoms with Gasteiger partial charge in [-0.25, -0.2) is 4.68 Å². The Morgan fingerprint density at radius 3 is 1.32 bits per heavy atom. The summed E-state index contributed by atoms with van der Waals surface area (Å²) in [5, 5.41) is 0. The Morgan fingerprint density at radius 2 is 0.857 bits per heavy atom. The van der Waals surface area contributed by atoms with E-state index >= 15 is 0 Å². The van der Waals surface area contributed by atoms with Crippen molar-refractivity contribution in [2.75, 3.05) is 0 Å². The number of nitrogens with one attached hydrogen (secondary N) is 1. The van der Waals surface area contributed by atoms with Crippen LogP contribution in [0.1, 0.15) is 236 Å². The van der Waals surface area contributed by atoms with Crippen molar-refractivity contribution >= 4 is 11.4 Å². The minimum absolute atomic E-state index is 0.926. The Bertz CT molecular complexity index is 1460. The quantitative estimate of drug-likeness (QED) is 0.0403. The third-order valence-electron chi connectivity index (χ3n) is 11.8. The molecular weight excluding hydrogens is 677 g/mol. The topological polar surface area (TPSA) is 26.8 Å². The van der Waals surface area contributed by atoms with Gasteiger partial charge in [0.1, 0.15) is 5.57 Å². The van der Waals surface area contributed by atoms with Crippen LogP contribution in [0.5, 0.6) is 0 Å². The second-order valence-electron chi connectivity index (χ2n) is 16.9. The van der Waals surface area contributed by atoms with Crippen LogP contribution in [0.3, 0.4) is 0 Å². The Hall–Kier alpha value is -3.05. The highest BCUT2D eigenvalue weighted by Crippen LogP contribution is 2.35. The average Bonchev–Trinajstić information content (AvgIpc) is 3.49. The molecule has 1 N–H and O–H groups in total. The van der Waals surface area contributed by atoms with Gasteiger partial charge in [0.05, 0.1) is 5.57 Å². The molecule has 310 valence electrons. The van der Waals surface area contributed by atoms with E-state index in [4.69, 9.17) is 0 Å². The molecule has 0 aromatic heterocycles. The van der Waals surface area contributed by atoms with Gasteiger partial charge in [0.15, 0.2) is 0 Å². The minimum atomic E-state index is 0.926. The number of aryl methyl sites for hydroxylation is 2. The van der Waals surface area contributed by atoms with Crippen LogP contribution >= 0.6 is 0 Å². The zero-order valence-electron chi connectivity index (χ0n) is 37.1. The second-order valence-corrected chi connectivity index (χ2v) is 16.9. The Kier molecular flexibility index (Phi) is 26.2. The summed E-state index contributed by atoms with van der Waals surface area (Å²) in [6.07, 6.45) is 42.3. The maximum absolute atomic E-state index is 9.74. The highest BCUT2D eigenvalue weighted by atomic mass is 15.3. The van der Waals surface area contributed by atoms with Gasteiger partial charge in [-0.15, -0.1) is 0 Å². The van der Waals surface area contributed by atoms with E-state index in [9.17, 15) is 5.84 Å². The maximum Gasteiger partial charge on any atom is 0.225 e. The summed E-state index contributed by atoms with van der Waals surface area (Å²) in [5.74, 6) is 17.1. The lowest BCUT2D eigenvalue weighted by Crippen LogP contribution is -2.11. The normalized spacial score (nSPS) is 13.6. The fourth-order valence-electron chi connectivity index (χ4n) is 8.20. The number of allylic oxidation sites excluding steroid dienone is 3. The zero-order chi connectivity index (χ0) is 39.9. The monoisotopic (exact) mass is 761 g/mol. The molecule has 2 heteroatoms. The molecule has 0 radical (unpaired) electrons. The van der Waals surface area contributed by atoms with Crippen molar-refractivity contribution in [1.82, 2.24) is 0 Å². The predicted octanol–water partition coefficient (Wildman–Crippen LogP) is 17.3. The van der Waals surface area contributed by atoms with Crippen molar-refractivity contribution in [1.29, 1.82) is 0 Å². The van der Waals surface area contributed by atoms with E-state index in [1.54, 1.807) is 4.68 Å². The molecule has 0 unspecified atom stereocenters. The summed E-state index contributed by atoms with van der Waals surface area (Å²) in [6.45, 7) is 9.16. The first kappa shape index (κ1) is 47.3. The first-order chi connectivity index (χ1) is 27.6. The van der Waals surface area contributed by atoms with Gasteiger partial charge in [0.2, 0.25) is 11.4 Å². The number of hydrogen-bond acceptors (Lipinski definition) is 0. The zero-order valence-corrected chi connectivity index (χ0v) is 37.1. The maximum atomic E-state index is 9.74. The number of hydrogen-bond donors (Lipinski definition) is 0. The number of rotatable bonds is 32. The smallest absolute Gasteiger partial charge is 0.225 e. The van der Waals surface area contributed by atoms with Crippen LogP contribution in [-0.4, -0.2) is 10.4 Å². The fraction of sp³-hybridized carbons (Fsp3) is 0.648. The third-order valence-corrected chi connectivity index (χ3v) is 11.8. The molecule has 1 aliphatic rings. The molecule has 0 saturated carbocycles. The van der Waals surface area contributed by atoms with Crippen molar-refractivity contribution in [2.24, 2.45) is 0 Å². The molecule has 0 fully saturated rings. The Labute approximate surface area is 347 Å². The fourth-order valence-corrected chi connectivity index (χ4v) is 8.20. The molecule has 0 spiro atoms. The molecule has 56 heavy (non-hydrogen) atoms. The molecule has 0 aliphatic carbocycles. The molecule has 1 aliphatic heterocycles. The molecule has 1 heterocycles. The first-order valence-electron chi connectivity index (χ1n) is 24.1. The second kappa shape index (κ2) is 31.0. The molecule has 0 saturated heterocycles. The summed E-state index contributed by atoms with van der Waals surface area (Å²) in [5.41, 5.74) is 9.23. The molecule has 0 bridgehead atoms. The van der Waals surface area contributed by atoms with Crippen molar-refractivity contribution in [2.45, 2.75) is 227 Å². The Balaban J connectivity index is 1.84. The van der Waals surface area contributed by atoms with Gasteiger partial charge < -0.3 is 5.84 Å². The van der Waals surface area contributed by atoms with Crippen molar-refractivity contribution < 1.29 is 4.68 Å². The van der Waals surface area contributed by atoms with Gasteiger partial charge in [-0.2, -0.15) is 0 Å². The van der Waals surface area contributed by atoms with E-state index in [1.807, 2.05) is 0 Å². The summed E-state index contributed by atoms with van der Waals surface area (Å²) in [4.78, 5) is 0. The molecule has 2 nitrogen and oxygen atoms in total. The van der Waals surface area contributed by atoms with E-state index in [2.05, 4.69) is 94.1 Å². The first-order valence-corrected chi connectivity index (χ1v) is 24.1. The highest BCUT2D eigenvalue weighted by Gasteiger charge is 2.34. The van der Waals surface area contributed by atoms with Gasteiger partial charge in [0.25, 0.3) is 0 Å². The van der Waals surface area contributed by atoms with Crippen LogP contribution < -0.4 is 0 Å². The summed E-state index contributed by atoms with van der Waals surface area (Å²) < 4.78 is 1.74. The van der Waals surface area contributed by atoms with Crippen molar-refractivity contribution in [3.8, 4) is 11.8 Å². The van der Waals surface area contributed by atoms with Gasteiger partial charge in [-0.1, -0.05) is 218 Å². The lowest BCUT2D eigenvalue weighted by molar-refractivity contribution is -0.347. The third kappa shape index (κ3) is 18.5. The van der Waals surface area contributed by atoms with Crippen LogP contribution in [0.25, 0.3) is 11.5 Å². The molecule has 3 rings (SSSR count). The van der Waals surface area contributed by atoms with E-state index < -0.39 is 0 Å². The van der Waals surface area contributed by atoms with Gasteiger partial charge >= 0.3 is 0 Å². The molecule has 2 aromatic rings. The van der Waals surface area contributed by atoms with E-state index in [1.165, 1.54) is 184 Å². The number of benzene rings is 2. The summed E-state index contributed by atoms with van der Waals surface area (Å²) >= 11 is 0. The largest absolute Gasteiger partial charge is 0.448 e. The molecule has 0 atom stereocenters. The van der Waals surface area contributed by atoms with Gasteiger partial charge in [-0.3, -0.25) is 0 Å². The standard InChI is InChI=1S/C54H84N2/c1-5-9-13-17-21-22-23-24-25-26-30-34-38-52-51(37-33-29-20-16-12-8-4)53(49-43-39-47(40-44-49)35-31-27-18-14-10-6-2)56(55)54(52)50-45-41-48(42-46-50)36-32-28-19-15-11-7-3/h37,39-46,55H,5-33,35-36H2,1-4H3. The summed E-state index contributed by atoms with van der Waals surface area (Å²) in [6, 6.07) is 18.3. The SMILES string of the molecule is CCCCCCCC=C1C(C#CCCCCCCCCCCCC)=C(c2ccc(CCCCCCCC)cc2)[N+]([NH-])=C1c1ccc(CCCCCCCC)cc1. The van der Waals surface area contributed by atoms with E-state index in [0.717, 1.165) is 60.2 Å². The van der Waals surface area contributed by atoms with Gasteiger partial charge in [0, 0.05) is 17.5 Å². The average molecular weight is 761 g/mol. The van der Waals surface area contributed by atoms with Crippen molar-refractivity contribution in [3.63, 3.8) is 0 Å². The van der Waals surface area contributed by atoms with Crippen LogP contribution in [-0.2, 0) is 12.8 Å². The highest BCUT2D eigenvalue weighted by molar-refractivity contribution is 6.17. The predicted molar refractivity (Wildman–Crippen MR) is 248 cm³/mol. The van der Waals surface area contributed by atoms with E-state index in [-0.39, 0.29) is 0 Å².